The molecule has 3 heterocycles. The van der Waals surface area contributed by atoms with Gasteiger partial charge in [0.05, 0.1) is 6.54 Å². The van der Waals surface area contributed by atoms with Crippen LogP contribution in [0.1, 0.15) is 35.0 Å². The van der Waals surface area contributed by atoms with Crippen molar-refractivity contribution in [2.45, 2.75) is 25.4 Å². The molecule has 2 bridgehead atoms. The highest BCUT2D eigenvalue weighted by Gasteiger charge is 2.50. The third kappa shape index (κ3) is 1.98. The van der Waals surface area contributed by atoms with Gasteiger partial charge in [-0.05, 0) is 29.2 Å². The molecule has 124 valence electrons. The van der Waals surface area contributed by atoms with Gasteiger partial charge in [-0.15, -0.1) is 11.3 Å². The molecular formula is C17H17N3O3S. The number of carbonyl (C=O) groups is 2. The van der Waals surface area contributed by atoms with Crippen LogP contribution < -0.4 is 5.73 Å². The van der Waals surface area contributed by atoms with Gasteiger partial charge in [0.1, 0.15) is 12.1 Å². The number of carbonyl (C=O) groups excluding carboxylic acids is 2. The Labute approximate surface area is 143 Å². The molecule has 7 heteroatoms. The Hall–Kier alpha value is -2.38. The highest BCUT2D eigenvalue weighted by Crippen LogP contribution is 2.48. The largest absolute Gasteiger partial charge is 0.368 e. The highest BCUT2D eigenvalue weighted by atomic mass is 32.1. The fourth-order valence-electron chi connectivity index (χ4n) is 3.57. The van der Waals surface area contributed by atoms with Gasteiger partial charge < -0.3 is 10.6 Å². The first-order chi connectivity index (χ1) is 11.5. The summed E-state index contributed by atoms with van der Waals surface area (Å²) in [5.41, 5.74) is 8.70. The molecule has 0 saturated carbocycles. The van der Waals surface area contributed by atoms with E-state index in [1.807, 2.05) is 18.2 Å². The number of hydroxylamine groups is 2. The molecule has 0 spiro atoms. The number of hydrogen-bond acceptors (Lipinski definition) is 4. The van der Waals surface area contributed by atoms with Gasteiger partial charge in [-0.1, -0.05) is 31.2 Å². The summed E-state index contributed by atoms with van der Waals surface area (Å²) < 4.78 is 0. The van der Waals surface area contributed by atoms with E-state index in [0.29, 0.717) is 5.06 Å². The Morgan fingerprint density at radius 1 is 1.42 bits per heavy atom. The van der Waals surface area contributed by atoms with Gasteiger partial charge >= 0.3 is 6.03 Å². The molecule has 4 rings (SSSR count). The molecule has 3 amide bonds. The number of amides is 3. The van der Waals surface area contributed by atoms with Gasteiger partial charge in [0, 0.05) is 9.75 Å². The summed E-state index contributed by atoms with van der Waals surface area (Å²) in [6.07, 6.45) is 0.901. The standard InChI is InChI=1S/C17H17N3O3S/c1-2-9-5-3-4-6-10(9)13-7-11-12-8-19(17(22)20(12)23)14(16(18)21)15(11)24-13/h3-7,12,14,23H,2,8H2,1H3,(H2,18,21)/t12-,14+/m1/s1. The van der Waals surface area contributed by atoms with Crippen LogP contribution >= 0.6 is 11.3 Å². The minimum atomic E-state index is -0.812. The monoisotopic (exact) mass is 343 g/mol. The van der Waals surface area contributed by atoms with Crippen LogP contribution in [0.3, 0.4) is 0 Å². The normalized spacial score (nSPS) is 22.0. The first-order valence-corrected chi connectivity index (χ1v) is 8.64. The second-order valence-electron chi connectivity index (χ2n) is 6.04. The summed E-state index contributed by atoms with van der Waals surface area (Å²) in [5.74, 6) is -0.574. The molecule has 1 aromatic heterocycles. The number of thiophene rings is 1. The van der Waals surface area contributed by atoms with Crippen molar-refractivity contribution in [3.05, 3.63) is 46.3 Å². The minimum absolute atomic E-state index is 0.279. The molecule has 2 atom stereocenters. The summed E-state index contributed by atoms with van der Waals surface area (Å²) in [5, 5.41) is 10.8. The molecule has 0 aliphatic carbocycles. The zero-order valence-electron chi connectivity index (χ0n) is 13.1. The molecule has 2 aliphatic heterocycles. The van der Waals surface area contributed by atoms with Crippen molar-refractivity contribution in [3.63, 3.8) is 0 Å². The molecule has 1 aromatic carbocycles. The highest BCUT2D eigenvalue weighted by molar-refractivity contribution is 7.16. The van der Waals surface area contributed by atoms with E-state index in [1.54, 1.807) is 0 Å². The van der Waals surface area contributed by atoms with E-state index >= 15 is 0 Å². The van der Waals surface area contributed by atoms with Gasteiger partial charge in [-0.3, -0.25) is 10.0 Å². The van der Waals surface area contributed by atoms with E-state index in [2.05, 4.69) is 19.1 Å². The van der Waals surface area contributed by atoms with Crippen molar-refractivity contribution in [2.75, 3.05) is 6.54 Å². The van der Waals surface area contributed by atoms with E-state index in [-0.39, 0.29) is 6.54 Å². The van der Waals surface area contributed by atoms with Crippen LogP contribution in [0.5, 0.6) is 0 Å². The van der Waals surface area contributed by atoms with Crippen molar-refractivity contribution < 1.29 is 14.8 Å². The van der Waals surface area contributed by atoms with Crippen molar-refractivity contribution >= 4 is 23.3 Å². The quantitative estimate of drug-likeness (QED) is 0.840. The Kier molecular flexibility index (Phi) is 3.36. The number of fused-ring (bicyclic) bond motifs is 4. The van der Waals surface area contributed by atoms with E-state index in [0.717, 1.165) is 27.3 Å². The molecule has 2 aromatic rings. The van der Waals surface area contributed by atoms with Gasteiger partial charge in [-0.25, -0.2) is 4.79 Å². The second kappa shape index (κ2) is 5.32. The predicted molar refractivity (Wildman–Crippen MR) is 89.5 cm³/mol. The molecular weight excluding hydrogens is 326 g/mol. The zero-order chi connectivity index (χ0) is 17.0. The topological polar surface area (TPSA) is 86.9 Å². The van der Waals surface area contributed by atoms with Crippen LogP contribution in [-0.4, -0.2) is 33.7 Å². The average molecular weight is 343 g/mol. The third-order valence-corrected chi connectivity index (χ3v) is 5.99. The zero-order valence-corrected chi connectivity index (χ0v) is 13.9. The molecule has 0 unspecified atom stereocenters. The number of primary amides is 1. The summed E-state index contributed by atoms with van der Waals surface area (Å²) >= 11 is 1.47. The van der Waals surface area contributed by atoms with Crippen LogP contribution in [0.25, 0.3) is 10.4 Å². The number of aryl methyl sites for hydroxylation is 1. The van der Waals surface area contributed by atoms with Crippen molar-refractivity contribution in [1.82, 2.24) is 9.96 Å². The molecule has 0 radical (unpaired) electrons. The smallest absolute Gasteiger partial charge is 0.345 e. The lowest BCUT2D eigenvalue weighted by Gasteiger charge is -2.27. The SMILES string of the molecule is CCc1ccccc1-c1cc2c(s1)[C@@H](C(N)=O)N1C[C@H]2N(O)C1=O. The fraction of sp³-hybridized carbons (Fsp3) is 0.294. The first kappa shape index (κ1) is 15.2. The maximum atomic E-state index is 12.1. The Balaban J connectivity index is 1.88. The Bertz CT molecular complexity index is 847. The van der Waals surface area contributed by atoms with Gasteiger partial charge in [0.2, 0.25) is 5.91 Å². The summed E-state index contributed by atoms with van der Waals surface area (Å²) in [6.45, 7) is 2.38. The maximum Gasteiger partial charge on any atom is 0.345 e. The van der Waals surface area contributed by atoms with E-state index in [9.17, 15) is 14.8 Å². The lowest BCUT2D eigenvalue weighted by atomic mass is 9.97. The van der Waals surface area contributed by atoms with Crippen LogP contribution in [-0.2, 0) is 11.2 Å². The van der Waals surface area contributed by atoms with Gasteiger partial charge in [0.25, 0.3) is 0 Å². The lowest BCUT2D eigenvalue weighted by molar-refractivity contribution is -0.122. The van der Waals surface area contributed by atoms with Crippen molar-refractivity contribution in [2.24, 2.45) is 5.73 Å². The summed E-state index contributed by atoms with van der Waals surface area (Å²) in [6, 6.07) is 8.28. The summed E-state index contributed by atoms with van der Waals surface area (Å²) in [4.78, 5) is 27.2. The Morgan fingerprint density at radius 3 is 2.88 bits per heavy atom. The molecule has 24 heavy (non-hydrogen) atoms. The number of nitrogens with zero attached hydrogens (tertiary/aromatic N) is 2. The average Bonchev–Trinajstić information content (AvgIpc) is 3.12. The number of benzene rings is 1. The number of urea groups is 1. The maximum absolute atomic E-state index is 12.1. The molecule has 2 aliphatic rings. The van der Waals surface area contributed by atoms with Gasteiger partial charge in [-0.2, -0.15) is 5.06 Å². The molecule has 3 N–H and O–H groups in total. The fourth-order valence-corrected chi connectivity index (χ4v) is 4.97. The summed E-state index contributed by atoms with van der Waals surface area (Å²) in [7, 11) is 0. The number of hydrogen-bond donors (Lipinski definition) is 2. The number of nitrogens with two attached hydrogens (primary N) is 1. The van der Waals surface area contributed by atoms with E-state index in [1.165, 1.54) is 21.8 Å². The molecule has 6 nitrogen and oxygen atoms in total. The van der Waals surface area contributed by atoms with E-state index in [4.69, 9.17) is 5.73 Å². The first-order valence-electron chi connectivity index (χ1n) is 7.82. The number of rotatable bonds is 3. The van der Waals surface area contributed by atoms with Crippen LogP contribution in [0.15, 0.2) is 30.3 Å². The third-order valence-electron chi connectivity index (χ3n) is 4.75. The van der Waals surface area contributed by atoms with Crippen LogP contribution in [0.2, 0.25) is 0 Å². The van der Waals surface area contributed by atoms with Crippen molar-refractivity contribution in [3.8, 4) is 10.4 Å². The minimum Gasteiger partial charge on any atom is -0.368 e. The van der Waals surface area contributed by atoms with Gasteiger partial charge in [0.15, 0.2) is 0 Å². The van der Waals surface area contributed by atoms with Crippen molar-refractivity contribution in [1.29, 1.82) is 0 Å². The Morgan fingerprint density at radius 2 is 2.17 bits per heavy atom. The molecule has 1 fully saturated rings. The predicted octanol–water partition coefficient (Wildman–Crippen LogP) is 2.69. The second-order valence-corrected chi connectivity index (χ2v) is 7.12. The van der Waals surface area contributed by atoms with Crippen LogP contribution in [0.4, 0.5) is 4.79 Å². The lowest BCUT2D eigenvalue weighted by Crippen LogP contribution is -2.40. The van der Waals surface area contributed by atoms with Crippen LogP contribution in [0, 0.1) is 0 Å². The molecule has 1 saturated heterocycles. The van der Waals surface area contributed by atoms with E-state index < -0.39 is 24.0 Å².